The number of nitrogens with one attached hydrogen (secondary N) is 1. The van der Waals surface area contributed by atoms with Crippen molar-refractivity contribution in [2.45, 2.75) is 12.3 Å². The average molecular weight is 263 g/mol. The van der Waals surface area contributed by atoms with Gasteiger partial charge < -0.3 is 15.2 Å². The van der Waals surface area contributed by atoms with Gasteiger partial charge in [-0.3, -0.25) is 0 Å². The first-order chi connectivity index (χ1) is 8.34. The zero-order valence-corrected chi connectivity index (χ0v) is 9.49. The highest BCUT2D eigenvalue weighted by atomic mass is 19.4. The number of methoxy groups -OCH3 is 1. The molecule has 1 aromatic carbocycles. The Labute approximate surface area is 101 Å². The molecule has 0 aliphatic carbocycles. The molecular formula is C11H12F3NO3. The van der Waals surface area contributed by atoms with Crippen molar-refractivity contribution in [3.63, 3.8) is 0 Å². The zero-order chi connectivity index (χ0) is 13.8. The van der Waals surface area contributed by atoms with Crippen molar-refractivity contribution in [1.29, 1.82) is 0 Å². The third-order valence-corrected chi connectivity index (χ3v) is 2.25. The van der Waals surface area contributed by atoms with Gasteiger partial charge in [0.25, 0.3) is 0 Å². The molecule has 1 amide bonds. The molecule has 7 heteroatoms. The second kappa shape index (κ2) is 5.72. The van der Waals surface area contributed by atoms with Crippen LogP contribution >= 0.6 is 0 Å². The first-order valence-corrected chi connectivity index (χ1v) is 5.01. The molecule has 0 bridgehead atoms. The molecule has 1 atom stereocenters. The molecule has 0 saturated carbocycles. The van der Waals surface area contributed by atoms with Crippen LogP contribution in [0, 0.1) is 0 Å². The first-order valence-electron chi connectivity index (χ1n) is 5.01. The van der Waals surface area contributed by atoms with Crippen LogP contribution in [-0.4, -0.2) is 24.9 Å². The minimum Gasteiger partial charge on any atom is -0.453 e. The number of aliphatic hydroxyl groups excluding tert-OH is 1. The van der Waals surface area contributed by atoms with Gasteiger partial charge >= 0.3 is 12.3 Å². The van der Waals surface area contributed by atoms with Crippen molar-refractivity contribution in [3.8, 4) is 0 Å². The molecule has 1 aromatic rings. The van der Waals surface area contributed by atoms with Gasteiger partial charge in [-0.1, -0.05) is 12.1 Å². The number of benzene rings is 1. The van der Waals surface area contributed by atoms with E-state index in [1.165, 1.54) is 7.11 Å². The minimum absolute atomic E-state index is 0.141. The molecule has 18 heavy (non-hydrogen) atoms. The number of amides is 1. The van der Waals surface area contributed by atoms with Crippen molar-refractivity contribution in [3.05, 3.63) is 35.4 Å². The smallest absolute Gasteiger partial charge is 0.416 e. The van der Waals surface area contributed by atoms with Gasteiger partial charge in [-0.25, -0.2) is 4.79 Å². The number of halogens is 3. The molecule has 0 heterocycles. The first kappa shape index (κ1) is 14.3. The number of alkyl halides is 3. The van der Waals surface area contributed by atoms with Gasteiger partial charge in [0.2, 0.25) is 0 Å². The summed E-state index contributed by atoms with van der Waals surface area (Å²) in [6.45, 7) is -0.141. The van der Waals surface area contributed by atoms with Crippen LogP contribution in [0.4, 0.5) is 18.0 Å². The number of ether oxygens (including phenoxy) is 1. The third kappa shape index (κ3) is 3.92. The lowest BCUT2D eigenvalue weighted by molar-refractivity contribution is -0.137. The third-order valence-electron chi connectivity index (χ3n) is 2.25. The number of alkyl carbamates (subject to hydrolysis) is 1. The molecule has 100 valence electrons. The molecule has 0 spiro atoms. The van der Waals surface area contributed by atoms with Gasteiger partial charge in [0.15, 0.2) is 0 Å². The number of hydrogen-bond donors (Lipinski definition) is 2. The summed E-state index contributed by atoms with van der Waals surface area (Å²) < 4.78 is 41.1. The van der Waals surface area contributed by atoms with Crippen LogP contribution in [0.1, 0.15) is 17.2 Å². The molecular weight excluding hydrogens is 251 g/mol. The Morgan fingerprint density at radius 1 is 1.39 bits per heavy atom. The summed E-state index contributed by atoms with van der Waals surface area (Å²) in [6.07, 6.45) is -6.22. The van der Waals surface area contributed by atoms with Crippen LogP contribution in [0.5, 0.6) is 0 Å². The van der Waals surface area contributed by atoms with Gasteiger partial charge in [0, 0.05) is 0 Å². The number of rotatable bonds is 3. The van der Waals surface area contributed by atoms with E-state index in [1.807, 2.05) is 0 Å². The number of aliphatic hydroxyl groups is 1. The maximum atomic E-state index is 12.3. The molecule has 2 N–H and O–H groups in total. The molecule has 0 radical (unpaired) electrons. The van der Waals surface area contributed by atoms with Crippen LogP contribution in [0.3, 0.4) is 0 Å². The molecule has 0 aliphatic heterocycles. The van der Waals surface area contributed by atoms with E-state index in [2.05, 4.69) is 10.1 Å². The Morgan fingerprint density at radius 3 is 2.39 bits per heavy atom. The van der Waals surface area contributed by atoms with E-state index in [9.17, 15) is 23.1 Å². The Balaban J connectivity index is 2.65. The highest BCUT2D eigenvalue weighted by Crippen LogP contribution is 2.29. The van der Waals surface area contributed by atoms with Gasteiger partial charge in [-0.05, 0) is 17.7 Å². The maximum absolute atomic E-state index is 12.3. The summed E-state index contributed by atoms with van der Waals surface area (Å²) in [5, 5.41) is 11.8. The normalized spacial score (nSPS) is 12.9. The lowest BCUT2D eigenvalue weighted by Gasteiger charge is -2.13. The highest BCUT2D eigenvalue weighted by molar-refractivity contribution is 5.66. The van der Waals surface area contributed by atoms with E-state index >= 15 is 0 Å². The number of hydrogen-bond acceptors (Lipinski definition) is 3. The zero-order valence-electron chi connectivity index (χ0n) is 9.49. The SMILES string of the molecule is COC(=O)NCC(O)c1ccc(C(F)(F)F)cc1. The molecule has 0 aliphatic rings. The van der Waals surface area contributed by atoms with Crippen LogP contribution in [0.2, 0.25) is 0 Å². The Hall–Kier alpha value is -1.76. The fraction of sp³-hybridized carbons (Fsp3) is 0.364. The quantitative estimate of drug-likeness (QED) is 0.878. The Kier molecular flexibility index (Phi) is 4.55. The summed E-state index contributed by atoms with van der Waals surface area (Å²) in [6, 6.07) is 4.06. The van der Waals surface area contributed by atoms with E-state index in [0.717, 1.165) is 24.3 Å². The minimum atomic E-state index is -4.41. The Bertz CT molecular complexity index is 403. The van der Waals surface area contributed by atoms with Crippen molar-refractivity contribution < 1.29 is 27.8 Å². The van der Waals surface area contributed by atoms with E-state index in [-0.39, 0.29) is 12.1 Å². The van der Waals surface area contributed by atoms with Crippen molar-refractivity contribution >= 4 is 6.09 Å². The largest absolute Gasteiger partial charge is 0.453 e. The molecule has 0 saturated heterocycles. The molecule has 0 fully saturated rings. The summed E-state index contributed by atoms with van der Waals surface area (Å²) in [4.78, 5) is 10.7. The van der Waals surface area contributed by atoms with Crippen molar-refractivity contribution in [2.75, 3.05) is 13.7 Å². The molecule has 1 rings (SSSR count). The van der Waals surface area contributed by atoms with Crippen LogP contribution in [0.25, 0.3) is 0 Å². The number of carbonyl (C=O) groups is 1. The summed E-state index contributed by atoms with van der Waals surface area (Å²) in [5.74, 6) is 0. The van der Waals surface area contributed by atoms with Crippen LogP contribution in [-0.2, 0) is 10.9 Å². The molecule has 1 unspecified atom stereocenters. The standard InChI is InChI=1S/C11H12F3NO3/c1-18-10(17)15-6-9(16)7-2-4-8(5-3-7)11(12,13)14/h2-5,9,16H,6H2,1H3,(H,15,17). The van der Waals surface area contributed by atoms with Gasteiger partial charge in [0.05, 0.1) is 25.3 Å². The van der Waals surface area contributed by atoms with Crippen LogP contribution in [0.15, 0.2) is 24.3 Å². The van der Waals surface area contributed by atoms with Crippen molar-refractivity contribution in [2.24, 2.45) is 0 Å². The van der Waals surface area contributed by atoms with Crippen LogP contribution < -0.4 is 5.32 Å². The predicted octanol–water partition coefficient (Wildman–Crippen LogP) is 2.09. The second-order valence-corrected chi connectivity index (χ2v) is 3.51. The molecule has 4 nitrogen and oxygen atoms in total. The number of carbonyl (C=O) groups excluding carboxylic acids is 1. The van der Waals surface area contributed by atoms with Gasteiger partial charge in [0.1, 0.15) is 0 Å². The monoisotopic (exact) mass is 263 g/mol. The van der Waals surface area contributed by atoms with Crippen molar-refractivity contribution in [1.82, 2.24) is 5.32 Å². The fourth-order valence-electron chi connectivity index (χ4n) is 1.26. The fourth-order valence-corrected chi connectivity index (χ4v) is 1.26. The van der Waals surface area contributed by atoms with Gasteiger partial charge in [-0.15, -0.1) is 0 Å². The second-order valence-electron chi connectivity index (χ2n) is 3.51. The lowest BCUT2D eigenvalue weighted by Crippen LogP contribution is -2.28. The van der Waals surface area contributed by atoms with E-state index in [1.54, 1.807) is 0 Å². The van der Waals surface area contributed by atoms with Gasteiger partial charge in [-0.2, -0.15) is 13.2 Å². The average Bonchev–Trinajstić information content (AvgIpc) is 2.34. The highest BCUT2D eigenvalue weighted by Gasteiger charge is 2.30. The summed E-state index contributed by atoms with van der Waals surface area (Å²) >= 11 is 0. The maximum Gasteiger partial charge on any atom is 0.416 e. The van der Waals surface area contributed by atoms with E-state index in [0.29, 0.717) is 0 Å². The van der Waals surface area contributed by atoms with E-state index < -0.39 is 23.9 Å². The lowest BCUT2D eigenvalue weighted by atomic mass is 10.1. The molecule has 0 aromatic heterocycles. The van der Waals surface area contributed by atoms with E-state index in [4.69, 9.17) is 0 Å². The predicted molar refractivity (Wildman–Crippen MR) is 56.8 cm³/mol. The Morgan fingerprint density at radius 2 is 1.94 bits per heavy atom. The topological polar surface area (TPSA) is 58.6 Å². The summed E-state index contributed by atoms with van der Waals surface area (Å²) in [7, 11) is 1.17. The summed E-state index contributed by atoms with van der Waals surface area (Å²) in [5.41, 5.74) is -0.515.